The van der Waals surface area contributed by atoms with Gasteiger partial charge in [-0.1, -0.05) is 47.0 Å². The van der Waals surface area contributed by atoms with Gasteiger partial charge >= 0.3 is 11.8 Å². The molecule has 4 rings (SSSR count). The fourth-order valence-electron chi connectivity index (χ4n) is 3.93. The van der Waals surface area contributed by atoms with Crippen molar-refractivity contribution in [2.75, 3.05) is 16.1 Å². The molecule has 4 aromatic rings. The highest BCUT2D eigenvalue weighted by molar-refractivity contribution is 6.42. The summed E-state index contributed by atoms with van der Waals surface area (Å²) < 4.78 is 1.27. The molecule has 7 nitrogen and oxygen atoms in total. The maximum atomic E-state index is 13.1. The largest absolute Gasteiger partial charge is 0.328 e. The summed E-state index contributed by atoms with van der Waals surface area (Å²) in [6.07, 6.45) is 0. The van der Waals surface area contributed by atoms with Gasteiger partial charge in [-0.05, 0) is 74.4 Å². The Morgan fingerprint density at radius 3 is 2.14 bits per heavy atom. The Balaban J connectivity index is 1.64. The van der Waals surface area contributed by atoms with Gasteiger partial charge in [-0.3, -0.25) is 19.8 Å². The van der Waals surface area contributed by atoms with Crippen LogP contribution in [0.15, 0.2) is 60.7 Å². The van der Waals surface area contributed by atoms with E-state index in [-0.39, 0.29) is 5.69 Å². The summed E-state index contributed by atoms with van der Waals surface area (Å²) in [4.78, 5) is 38.7. The Labute approximate surface area is 212 Å². The highest BCUT2D eigenvalue weighted by atomic mass is 35.5. The average Bonchev–Trinajstić information content (AvgIpc) is 3.13. The molecule has 0 radical (unpaired) electrons. The number of rotatable bonds is 4. The second kappa shape index (κ2) is 9.82. The van der Waals surface area contributed by atoms with E-state index in [4.69, 9.17) is 23.2 Å². The number of nitrogens with zero attached hydrogens (tertiary/aromatic N) is 1. The van der Waals surface area contributed by atoms with Gasteiger partial charge in [-0.2, -0.15) is 0 Å². The van der Waals surface area contributed by atoms with Crippen LogP contribution in [0.25, 0.3) is 10.9 Å². The van der Waals surface area contributed by atoms with Crippen LogP contribution in [0.5, 0.6) is 0 Å². The average molecular weight is 509 g/mol. The minimum absolute atomic E-state index is 0.103. The van der Waals surface area contributed by atoms with Gasteiger partial charge in [-0.25, -0.2) is 4.68 Å². The van der Waals surface area contributed by atoms with Crippen LogP contribution in [-0.2, 0) is 9.59 Å². The van der Waals surface area contributed by atoms with Gasteiger partial charge in [0.15, 0.2) is 0 Å². The fourth-order valence-corrected chi connectivity index (χ4v) is 4.31. The monoisotopic (exact) mass is 508 g/mol. The predicted octanol–water partition coefficient (Wildman–Crippen LogP) is 5.83. The van der Waals surface area contributed by atoms with Crippen LogP contribution in [0.3, 0.4) is 0 Å². The van der Waals surface area contributed by atoms with Crippen molar-refractivity contribution in [2.45, 2.75) is 20.8 Å². The molecule has 0 spiro atoms. The highest BCUT2D eigenvalue weighted by Crippen LogP contribution is 2.25. The van der Waals surface area contributed by atoms with Crippen LogP contribution in [-0.4, -0.2) is 22.4 Å². The van der Waals surface area contributed by atoms with Crippen LogP contribution in [0, 0.1) is 20.8 Å². The molecular formula is C26H22Cl2N4O3. The number of hydrogen-bond acceptors (Lipinski definition) is 3. The number of benzene rings is 3. The van der Waals surface area contributed by atoms with Crippen molar-refractivity contribution in [3.8, 4) is 0 Å². The van der Waals surface area contributed by atoms with Crippen LogP contribution in [0.4, 0.5) is 11.4 Å². The van der Waals surface area contributed by atoms with Gasteiger partial charge in [0.05, 0.1) is 5.52 Å². The van der Waals surface area contributed by atoms with Crippen molar-refractivity contribution in [1.82, 2.24) is 4.68 Å². The van der Waals surface area contributed by atoms with Crippen LogP contribution < -0.4 is 16.1 Å². The second-order valence-corrected chi connectivity index (χ2v) is 9.07. The molecule has 0 aliphatic carbocycles. The topological polar surface area (TPSA) is 92.2 Å². The summed E-state index contributed by atoms with van der Waals surface area (Å²) in [5, 5.41) is 6.95. The van der Waals surface area contributed by atoms with Crippen molar-refractivity contribution in [3.05, 3.63) is 93.1 Å². The summed E-state index contributed by atoms with van der Waals surface area (Å²) in [6.45, 7) is 5.67. The predicted molar refractivity (Wildman–Crippen MR) is 140 cm³/mol. The fraction of sp³-hybridized carbons (Fsp3) is 0.115. The lowest BCUT2D eigenvalue weighted by molar-refractivity contribution is -0.133. The molecule has 3 aromatic carbocycles. The maximum Gasteiger partial charge on any atom is 0.328 e. The lowest BCUT2D eigenvalue weighted by Crippen LogP contribution is -2.36. The maximum absolute atomic E-state index is 13.1. The minimum Gasteiger partial charge on any atom is -0.321 e. The standard InChI is InChI=1S/C26H22Cl2N4O3/c1-14-9-15(2)23(16(3)10-14)30-25(34)26(35)31-32-21-8-7-19(28)11-17(21)12-22(32)24(33)29-20-6-4-5-18(27)13-20/h4-13H,1-3H3,(H,29,33)(H,30,34)(H,31,35). The van der Waals surface area contributed by atoms with E-state index in [1.807, 2.05) is 32.9 Å². The number of carbonyl (C=O) groups is 3. The highest BCUT2D eigenvalue weighted by Gasteiger charge is 2.22. The number of halogens is 2. The lowest BCUT2D eigenvalue weighted by atomic mass is 10.1. The first-order valence-electron chi connectivity index (χ1n) is 10.7. The molecule has 0 unspecified atom stereocenters. The zero-order valence-corrected chi connectivity index (χ0v) is 20.7. The van der Waals surface area contributed by atoms with E-state index in [2.05, 4.69) is 16.1 Å². The molecule has 0 saturated heterocycles. The molecule has 0 saturated carbocycles. The van der Waals surface area contributed by atoms with Gasteiger partial charge in [-0.15, -0.1) is 0 Å². The Morgan fingerprint density at radius 1 is 0.771 bits per heavy atom. The summed E-state index contributed by atoms with van der Waals surface area (Å²) in [5.74, 6) is -2.31. The van der Waals surface area contributed by atoms with E-state index < -0.39 is 17.7 Å². The molecular weight excluding hydrogens is 487 g/mol. The van der Waals surface area contributed by atoms with Gasteiger partial charge in [0.2, 0.25) is 0 Å². The van der Waals surface area contributed by atoms with E-state index in [9.17, 15) is 14.4 Å². The Morgan fingerprint density at radius 2 is 1.46 bits per heavy atom. The number of aromatic nitrogens is 1. The van der Waals surface area contributed by atoms with E-state index in [1.165, 1.54) is 4.68 Å². The molecule has 0 aliphatic rings. The van der Waals surface area contributed by atoms with Crippen LogP contribution >= 0.6 is 23.2 Å². The van der Waals surface area contributed by atoms with E-state index in [0.717, 1.165) is 16.7 Å². The smallest absolute Gasteiger partial charge is 0.321 e. The van der Waals surface area contributed by atoms with E-state index in [1.54, 1.807) is 48.5 Å². The van der Waals surface area contributed by atoms with Gasteiger partial charge in [0.1, 0.15) is 5.69 Å². The summed E-state index contributed by atoms with van der Waals surface area (Å²) in [6, 6.07) is 17.0. The van der Waals surface area contributed by atoms with Gasteiger partial charge < -0.3 is 10.6 Å². The number of nitrogens with one attached hydrogen (secondary N) is 3. The number of fused-ring (bicyclic) bond motifs is 1. The van der Waals surface area contributed by atoms with Crippen molar-refractivity contribution in [3.63, 3.8) is 0 Å². The molecule has 3 amide bonds. The first-order chi connectivity index (χ1) is 16.6. The van der Waals surface area contributed by atoms with Crippen LogP contribution in [0.1, 0.15) is 27.2 Å². The molecule has 178 valence electrons. The Kier molecular flexibility index (Phi) is 6.82. The van der Waals surface area contributed by atoms with Gasteiger partial charge in [0.25, 0.3) is 5.91 Å². The zero-order valence-electron chi connectivity index (χ0n) is 19.2. The first kappa shape index (κ1) is 24.3. The molecule has 0 aliphatic heterocycles. The number of hydrogen-bond donors (Lipinski definition) is 3. The van der Waals surface area contributed by atoms with Crippen molar-refractivity contribution in [1.29, 1.82) is 0 Å². The summed E-state index contributed by atoms with van der Waals surface area (Å²) >= 11 is 12.1. The number of carbonyl (C=O) groups excluding carboxylic acids is 3. The number of aryl methyl sites for hydroxylation is 3. The molecule has 1 heterocycles. The third kappa shape index (κ3) is 5.31. The molecule has 1 aromatic heterocycles. The Bertz CT molecular complexity index is 1470. The van der Waals surface area contributed by atoms with Crippen molar-refractivity contribution >= 4 is 63.2 Å². The Hall–Kier alpha value is -3.81. The second-order valence-electron chi connectivity index (χ2n) is 8.20. The van der Waals surface area contributed by atoms with Crippen molar-refractivity contribution < 1.29 is 14.4 Å². The number of anilines is 2. The molecule has 3 N–H and O–H groups in total. The molecule has 0 atom stereocenters. The summed E-state index contributed by atoms with van der Waals surface area (Å²) in [5.41, 5.74) is 6.91. The molecule has 0 bridgehead atoms. The van der Waals surface area contributed by atoms with Crippen molar-refractivity contribution in [2.24, 2.45) is 0 Å². The first-order valence-corrected chi connectivity index (χ1v) is 11.5. The zero-order chi connectivity index (χ0) is 25.3. The summed E-state index contributed by atoms with van der Waals surface area (Å²) in [7, 11) is 0. The van der Waals surface area contributed by atoms with E-state index >= 15 is 0 Å². The quantitative estimate of drug-likeness (QED) is 0.302. The minimum atomic E-state index is -0.936. The number of amides is 3. The van der Waals surface area contributed by atoms with Crippen LogP contribution in [0.2, 0.25) is 10.0 Å². The third-order valence-corrected chi connectivity index (χ3v) is 5.88. The molecule has 35 heavy (non-hydrogen) atoms. The molecule has 0 fully saturated rings. The third-order valence-electron chi connectivity index (χ3n) is 5.41. The SMILES string of the molecule is Cc1cc(C)c(NC(=O)C(=O)Nn2c(C(=O)Nc3cccc(Cl)c3)cc3cc(Cl)ccc32)c(C)c1. The normalized spacial score (nSPS) is 10.8. The molecule has 9 heteroatoms. The lowest BCUT2D eigenvalue weighted by Gasteiger charge is -2.15. The van der Waals surface area contributed by atoms with E-state index in [0.29, 0.717) is 32.3 Å². The van der Waals surface area contributed by atoms with Gasteiger partial charge in [0, 0.05) is 26.8 Å².